The number of nitrogens with two attached hydrogens (primary N) is 2. The molecule has 0 bridgehead atoms. The zero-order valence-electron chi connectivity index (χ0n) is 26.5. The zero-order valence-corrected chi connectivity index (χ0v) is 28.3. The molecule has 22 nitrogen and oxygen atoms in total. The van der Waals surface area contributed by atoms with Crippen molar-refractivity contribution in [3.8, 4) is 0 Å². The summed E-state index contributed by atoms with van der Waals surface area (Å²) >= 11 is 0. The minimum atomic E-state index is -5.45. The van der Waals surface area contributed by atoms with Gasteiger partial charge in [0.15, 0.2) is 29.7 Å². The average molecular weight is 770 g/mol. The molecule has 2 fully saturated rings. The first-order chi connectivity index (χ1) is 24.6. The summed E-state index contributed by atoms with van der Waals surface area (Å²) in [7, 11) is -10.9. The molecular weight excluding hydrogens is 736 g/mol. The number of aromatic nitrogens is 4. The normalized spacial score (nSPS) is 31.3. The number of Topliss-reactive ketones (excluding diaryl/α,β-unsaturated/α-hetero) is 1. The van der Waals surface area contributed by atoms with Crippen LogP contribution in [0.2, 0.25) is 0 Å². The number of imidazole rings is 1. The van der Waals surface area contributed by atoms with Crippen molar-refractivity contribution in [2.75, 3.05) is 18.9 Å². The zero-order chi connectivity index (χ0) is 37.5. The Balaban J connectivity index is 1.03. The number of hydrogen-bond acceptors (Lipinski definition) is 18. The number of hydrogen-bond donors (Lipinski definition) is 8. The summed E-state index contributed by atoms with van der Waals surface area (Å²) in [5.74, 6) is -2.39. The summed E-state index contributed by atoms with van der Waals surface area (Å²) in [6, 6.07) is 8.12. The summed E-state index contributed by atoms with van der Waals surface area (Å²) in [6.45, 7) is -1.89. The smallest absolute Gasteiger partial charge is 0.387 e. The predicted octanol–water partition coefficient (Wildman–Crippen LogP) is -1.58. The number of phosphoric ester groups is 2. The van der Waals surface area contributed by atoms with Crippen molar-refractivity contribution in [1.82, 2.24) is 24.4 Å². The molecule has 1 amide bonds. The first-order valence-corrected chi connectivity index (χ1v) is 18.2. The fourth-order valence-electron chi connectivity index (χ4n) is 5.74. The topological polar surface area (TPSA) is 335 Å². The van der Waals surface area contributed by atoms with Gasteiger partial charge in [0.2, 0.25) is 5.91 Å². The molecule has 280 valence electrons. The van der Waals surface area contributed by atoms with Gasteiger partial charge in [0.05, 0.1) is 25.5 Å². The number of rotatable bonds is 13. The molecule has 0 aliphatic carbocycles. The first-order valence-electron chi connectivity index (χ1n) is 15.3. The number of ketones is 1. The predicted molar refractivity (Wildman–Crippen MR) is 171 cm³/mol. The van der Waals surface area contributed by atoms with E-state index in [2.05, 4.69) is 19.3 Å². The SMILES string of the molecule is NC(=O)C1=CN([C@@H]2O[C@H](COP(=O)(O)OP(=O)(O)OC[C@H]3O[C@@H](n4cnc5c(N)ncnc54)[C@H](O)[C@@H]3O)[C@@H](O)[C@H]2O)C=C[C@@H]1C(=O)c1ccccc1. The molecule has 3 aliphatic rings. The van der Waals surface area contributed by atoms with Crippen LogP contribution in [0, 0.1) is 5.92 Å². The molecule has 24 heteroatoms. The number of aliphatic hydroxyl groups excluding tert-OH is 4. The number of benzene rings is 1. The third kappa shape index (κ3) is 7.70. The van der Waals surface area contributed by atoms with Gasteiger partial charge in [0.1, 0.15) is 48.5 Å². The van der Waals surface area contributed by atoms with Gasteiger partial charge in [0.25, 0.3) is 0 Å². The summed E-state index contributed by atoms with van der Waals surface area (Å²) in [4.78, 5) is 58.6. The molecule has 2 saturated heterocycles. The van der Waals surface area contributed by atoms with Gasteiger partial charge in [-0.1, -0.05) is 36.4 Å². The maximum Gasteiger partial charge on any atom is 0.481 e. The van der Waals surface area contributed by atoms with Gasteiger partial charge in [-0.05, 0) is 0 Å². The number of phosphoric acid groups is 2. The van der Waals surface area contributed by atoms with Crippen LogP contribution in [0.1, 0.15) is 16.6 Å². The van der Waals surface area contributed by atoms with E-state index in [-0.39, 0.29) is 22.6 Å². The molecule has 3 aromatic rings. The second-order valence-electron chi connectivity index (χ2n) is 11.7. The van der Waals surface area contributed by atoms with Crippen molar-refractivity contribution in [3.05, 3.63) is 72.6 Å². The number of ether oxygens (including phenoxy) is 2. The Morgan fingerprint density at radius 3 is 2.08 bits per heavy atom. The Hall–Kier alpha value is -3.99. The van der Waals surface area contributed by atoms with E-state index in [1.165, 1.54) is 23.2 Å². The Morgan fingerprint density at radius 1 is 0.865 bits per heavy atom. The van der Waals surface area contributed by atoms with Gasteiger partial charge < -0.3 is 56.1 Å². The largest absolute Gasteiger partial charge is 0.481 e. The standard InChI is InChI=1S/C28H33N7O15P2/c29-24-18-26(32-11-31-24)35(12-33-18)28-23(40)21(38)17(49-28)10-47-52(44,45)50-51(42,43)46-9-16-20(37)22(39)27(48-16)34-7-6-14(15(8-34)25(30)41)19(36)13-4-2-1-3-5-13/h1-8,11-12,14,16-17,20-23,27-28,37-40H,9-10H2,(H2,30,41)(H,42,43)(H,44,45)(H2,29,31,32)/t14-,16+,17+,20+,21+,22+,23+,27+,28+/m0/s1. The van der Waals surface area contributed by atoms with Crippen LogP contribution in [0.15, 0.2) is 67.0 Å². The van der Waals surface area contributed by atoms with Crippen LogP contribution < -0.4 is 11.5 Å². The maximum absolute atomic E-state index is 13.0. The third-order valence-electron chi connectivity index (χ3n) is 8.34. The van der Waals surface area contributed by atoms with E-state index in [9.17, 15) is 48.9 Å². The van der Waals surface area contributed by atoms with Crippen LogP contribution in [0.3, 0.4) is 0 Å². The van der Waals surface area contributed by atoms with Crippen molar-refractivity contribution in [2.24, 2.45) is 11.7 Å². The Morgan fingerprint density at radius 2 is 1.46 bits per heavy atom. The van der Waals surface area contributed by atoms with E-state index in [0.717, 1.165) is 17.4 Å². The highest BCUT2D eigenvalue weighted by atomic mass is 31.3. The van der Waals surface area contributed by atoms with Crippen molar-refractivity contribution in [3.63, 3.8) is 0 Å². The molecular formula is C28H33N7O15P2. The van der Waals surface area contributed by atoms with E-state index in [1.54, 1.807) is 30.3 Å². The number of nitrogen functional groups attached to an aromatic ring is 1. The third-order valence-corrected chi connectivity index (χ3v) is 10.9. The Bertz CT molecular complexity index is 1980. The van der Waals surface area contributed by atoms with Crippen LogP contribution in [-0.4, -0.2) is 122 Å². The minimum absolute atomic E-state index is 0.0392. The number of amides is 1. The lowest BCUT2D eigenvalue weighted by Gasteiger charge is -2.31. The van der Waals surface area contributed by atoms with E-state index in [0.29, 0.717) is 5.56 Å². The minimum Gasteiger partial charge on any atom is -0.387 e. The molecule has 2 unspecified atom stereocenters. The number of primary amides is 1. The van der Waals surface area contributed by atoms with Gasteiger partial charge in [-0.15, -0.1) is 0 Å². The fourth-order valence-corrected chi connectivity index (χ4v) is 7.83. The molecule has 6 rings (SSSR count). The number of allylic oxidation sites excluding steroid dienone is 1. The van der Waals surface area contributed by atoms with Gasteiger partial charge in [-0.2, -0.15) is 4.31 Å². The fraction of sp³-hybridized carbons (Fsp3) is 0.393. The van der Waals surface area contributed by atoms with Crippen molar-refractivity contribution in [1.29, 1.82) is 0 Å². The number of anilines is 1. The highest BCUT2D eigenvalue weighted by Crippen LogP contribution is 2.60. The quantitative estimate of drug-likeness (QED) is 0.0718. The summed E-state index contributed by atoms with van der Waals surface area (Å²) in [5, 5.41) is 42.3. The molecule has 0 radical (unpaired) electrons. The van der Waals surface area contributed by atoms with E-state index in [1.807, 2.05) is 0 Å². The lowest BCUT2D eigenvalue weighted by Crippen LogP contribution is -2.41. The molecule has 0 spiro atoms. The van der Waals surface area contributed by atoms with Crippen LogP contribution in [0.5, 0.6) is 0 Å². The van der Waals surface area contributed by atoms with Crippen LogP contribution in [0.4, 0.5) is 5.82 Å². The Kier molecular flexibility index (Phi) is 10.7. The summed E-state index contributed by atoms with van der Waals surface area (Å²) in [6.07, 6.45) is -6.26. The highest BCUT2D eigenvalue weighted by Gasteiger charge is 2.49. The number of fused-ring (bicyclic) bond motifs is 1. The molecule has 1 aromatic carbocycles. The van der Waals surface area contributed by atoms with Gasteiger partial charge in [0, 0.05) is 23.5 Å². The molecule has 11 atom stereocenters. The lowest BCUT2D eigenvalue weighted by molar-refractivity contribution is -0.115. The van der Waals surface area contributed by atoms with Crippen LogP contribution in [0.25, 0.3) is 11.2 Å². The van der Waals surface area contributed by atoms with Gasteiger partial charge >= 0.3 is 15.6 Å². The molecule has 3 aliphatic heterocycles. The molecule has 5 heterocycles. The first kappa shape index (κ1) is 37.8. The van der Waals surface area contributed by atoms with Crippen molar-refractivity contribution in [2.45, 2.75) is 49.1 Å². The molecule has 52 heavy (non-hydrogen) atoms. The van der Waals surface area contributed by atoms with E-state index in [4.69, 9.17) is 30.0 Å². The lowest BCUT2D eigenvalue weighted by atomic mass is 9.88. The van der Waals surface area contributed by atoms with E-state index < -0.39 is 95.5 Å². The summed E-state index contributed by atoms with van der Waals surface area (Å²) < 4.78 is 51.4. The van der Waals surface area contributed by atoms with Gasteiger partial charge in [-0.25, -0.2) is 24.1 Å². The second-order valence-corrected chi connectivity index (χ2v) is 14.8. The second kappa shape index (κ2) is 14.8. The molecule has 10 N–H and O–H groups in total. The highest BCUT2D eigenvalue weighted by molar-refractivity contribution is 7.61. The monoisotopic (exact) mass is 769 g/mol. The average Bonchev–Trinajstić information content (AvgIpc) is 3.75. The number of carbonyl (C=O) groups excluding carboxylic acids is 2. The molecule has 2 aromatic heterocycles. The van der Waals surface area contributed by atoms with Crippen molar-refractivity contribution >= 4 is 44.3 Å². The van der Waals surface area contributed by atoms with E-state index >= 15 is 0 Å². The molecule has 0 saturated carbocycles. The Labute approximate surface area is 292 Å². The number of aliphatic hydroxyl groups is 4. The number of carbonyl (C=O) groups is 2. The van der Waals surface area contributed by atoms with Crippen LogP contribution >= 0.6 is 15.6 Å². The summed E-state index contributed by atoms with van der Waals surface area (Å²) in [5.41, 5.74) is 11.8. The maximum atomic E-state index is 13.0. The van der Waals surface area contributed by atoms with Crippen LogP contribution in [-0.2, 0) is 36.8 Å². The van der Waals surface area contributed by atoms with Gasteiger partial charge in [-0.3, -0.25) is 23.2 Å². The number of nitrogens with zero attached hydrogens (tertiary/aromatic N) is 5. The van der Waals surface area contributed by atoms with Crippen molar-refractivity contribution < 1.29 is 71.8 Å².